The molecule has 2 N–H and O–H groups in total. The third-order valence-electron chi connectivity index (χ3n) is 3.42. The normalized spacial score (nSPS) is 10.1. The highest BCUT2D eigenvalue weighted by Crippen LogP contribution is 2.37. The van der Waals surface area contributed by atoms with E-state index in [9.17, 15) is 4.39 Å². The Labute approximate surface area is 163 Å². The predicted molar refractivity (Wildman–Crippen MR) is 100 cm³/mol. The van der Waals surface area contributed by atoms with E-state index in [-0.39, 0.29) is 24.8 Å². The van der Waals surface area contributed by atoms with E-state index in [1.54, 1.807) is 25.3 Å². The second kappa shape index (κ2) is 9.35. The van der Waals surface area contributed by atoms with Crippen molar-refractivity contribution in [3.8, 4) is 11.5 Å². The Morgan fingerprint density at radius 3 is 2.77 bits per heavy atom. The molecule has 0 amide bonds. The molecule has 0 spiro atoms. The number of nitrogens with one attached hydrogen (secondary N) is 2. The highest BCUT2D eigenvalue weighted by Gasteiger charge is 2.13. The molecule has 10 heteroatoms. The van der Waals surface area contributed by atoms with Crippen LogP contribution in [0.5, 0.6) is 11.5 Å². The standard InChI is InChI=1S/C16H15BrFN5O2.ClH/c1-24-14-7-10(8-19-16-20-22-23-21-16)6-12(17)15(14)25-9-11-4-2-3-5-13(11)18;/h2-7H,8-9H2,1H3,(H2,19,20,21,22,23);1H. The third-order valence-corrected chi connectivity index (χ3v) is 4.00. The number of nitrogens with zero attached hydrogens (tertiary/aromatic N) is 3. The maximum atomic E-state index is 13.7. The summed E-state index contributed by atoms with van der Waals surface area (Å²) in [5.41, 5.74) is 1.39. The average molecular weight is 445 g/mol. The lowest BCUT2D eigenvalue weighted by molar-refractivity contribution is 0.277. The van der Waals surface area contributed by atoms with E-state index in [2.05, 4.69) is 41.9 Å². The second-order valence-corrected chi connectivity index (χ2v) is 5.93. The van der Waals surface area contributed by atoms with Crippen LogP contribution in [-0.2, 0) is 13.2 Å². The van der Waals surface area contributed by atoms with Crippen LogP contribution in [-0.4, -0.2) is 27.7 Å². The number of aromatic nitrogens is 4. The van der Waals surface area contributed by atoms with E-state index in [1.807, 2.05) is 12.1 Å². The van der Waals surface area contributed by atoms with Gasteiger partial charge in [0, 0.05) is 12.1 Å². The van der Waals surface area contributed by atoms with Gasteiger partial charge in [0.2, 0.25) is 0 Å². The average Bonchev–Trinajstić information content (AvgIpc) is 3.13. The number of rotatable bonds is 7. The maximum Gasteiger partial charge on any atom is 0.263 e. The van der Waals surface area contributed by atoms with Crippen LogP contribution in [0.2, 0.25) is 0 Å². The van der Waals surface area contributed by atoms with Crippen LogP contribution in [0.1, 0.15) is 11.1 Å². The molecular weight excluding hydrogens is 429 g/mol. The highest BCUT2D eigenvalue weighted by atomic mass is 79.9. The van der Waals surface area contributed by atoms with Gasteiger partial charge in [0.1, 0.15) is 12.4 Å². The molecule has 138 valence electrons. The summed E-state index contributed by atoms with van der Waals surface area (Å²) in [6, 6.07) is 10.2. The Morgan fingerprint density at radius 1 is 1.27 bits per heavy atom. The molecule has 1 heterocycles. The minimum absolute atomic E-state index is 0. The van der Waals surface area contributed by atoms with E-state index in [1.165, 1.54) is 6.07 Å². The van der Waals surface area contributed by atoms with Crippen LogP contribution in [0.4, 0.5) is 10.3 Å². The largest absolute Gasteiger partial charge is 0.493 e. The summed E-state index contributed by atoms with van der Waals surface area (Å²) >= 11 is 3.47. The van der Waals surface area contributed by atoms with Crippen molar-refractivity contribution in [1.82, 2.24) is 20.6 Å². The van der Waals surface area contributed by atoms with E-state index >= 15 is 0 Å². The first-order chi connectivity index (χ1) is 12.2. The summed E-state index contributed by atoms with van der Waals surface area (Å²) in [7, 11) is 1.55. The van der Waals surface area contributed by atoms with Crippen LogP contribution in [0.15, 0.2) is 40.9 Å². The molecule has 0 radical (unpaired) electrons. The van der Waals surface area contributed by atoms with E-state index in [0.717, 1.165) is 5.56 Å². The first kappa shape index (κ1) is 19.9. The van der Waals surface area contributed by atoms with Gasteiger partial charge in [-0.25, -0.2) is 4.39 Å². The van der Waals surface area contributed by atoms with Crippen LogP contribution in [0.3, 0.4) is 0 Å². The summed E-state index contributed by atoms with van der Waals surface area (Å²) < 4.78 is 25.6. The zero-order valence-corrected chi connectivity index (χ0v) is 16.1. The van der Waals surface area contributed by atoms with Crippen molar-refractivity contribution in [3.05, 3.63) is 57.8 Å². The number of ether oxygens (including phenoxy) is 2. The number of aromatic amines is 1. The molecule has 0 bridgehead atoms. The van der Waals surface area contributed by atoms with E-state index in [4.69, 9.17) is 9.47 Å². The lowest BCUT2D eigenvalue weighted by atomic mass is 10.2. The van der Waals surface area contributed by atoms with Crippen LogP contribution >= 0.6 is 28.3 Å². The molecule has 0 saturated heterocycles. The zero-order valence-electron chi connectivity index (χ0n) is 13.7. The molecule has 0 atom stereocenters. The van der Waals surface area contributed by atoms with Gasteiger partial charge in [0.05, 0.1) is 11.6 Å². The third kappa shape index (κ3) is 4.83. The molecule has 0 fully saturated rings. The van der Waals surface area contributed by atoms with E-state index < -0.39 is 0 Å². The lowest BCUT2D eigenvalue weighted by Gasteiger charge is -2.15. The monoisotopic (exact) mass is 443 g/mol. The summed E-state index contributed by atoms with van der Waals surface area (Å²) in [5, 5.41) is 16.5. The number of hydrogen-bond donors (Lipinski definition) is 2. The maximum absolute atomic E-state index is 13.7. The first-order valence-electron chi connectivity index (χ1n) is 7.37. The van der Waals surface area contributed by atoms with Gasteiger partial charge in [0.25, 0.3) is 5.95 Å². The Hall–Kier alpha value is -2.39. The molecule has 3 aromatic rings. The second-order valence-electron chi connectivity index (χ2n) is 5.08. The van der Waals surface area contributed by atoms with Gasteiger partial charge >= 0.3 is 0 Å². The van der Waals surface area contributed by atoms with Crippen molar-refractivity contribution in [3.63, 3.8) is 0 Å². The number of H-pyrrole nitrogens is 1. The van der Waals surface area contributed by atoms with Crippen molar-refractivity contribution >= 4 is 34.3 Å². The number of tetrazole rings is 1. The zero-order chi connectivity index (χ0) is 17.6. The Kier molecular flexibility index (Phi) is 7.16. The van der Waals surface area contributed by atoms with Crippen LogP contribution < -0.4 is 14.8 Å². The Bertz CT molecular complexity index is 851. The molecule has 7 nitrogen and oxygen atoms in total. The van der Waals surface area contributed by atoms with E-state index in [0.29, 0.717) is 34.0 Å². The van der Waals surface area contributed by atoms with Gasteiger partial charge < -0.3 is 14.8 Å². The number of halogens is 3. The summed E-state index contributed by atoms with van der Waals surface area (Å²) in [4.78, 5) is 0. The molecule has 3 rings (SSSR count). The summed E-state index contributed by atoms with van der Waals surface area (Å²) in [5.74, 6) is 1.14. The molecule has 0 saturated carbocycles. The molecular formula is C16H16BrClFN5O2. The van der Waals surface area contributed by atoms with Crippen molar-refractivity contribution in [2.75, 3.05) is 12.4 Å². The Morgan fingerprint density at radius 2 is 2.08 bits per heavy atom. The van der Waals surface area contributed by atoms with Gasteiger partial charge in [-0.3, -0.25) is 0 Å². The molecule has 0 unspecified atom stereocenters. The number of hydrogen-bond acceptors (Lipinski definition) is 6. The summed E-state index contributed by atoms with van der Waals surface area (Å²) in [6.07, 6.45) is 0. The van der Waals surface area contributed by atoms with Gasteiger partial charge in [-0.05, 0) is 44.9 Å². The molecule has 0 aliphatic heterocycles. The van der Waals surface area contributed by atoms with Crippen molar-refractivity contribution in [2.45, 2.75) is 13.2 Å². The fourth-order valence-corrected chi connectivity index (χ4v) is 2.80. The molecule has 0 aliphatic rings. The summed E-state index contributed by atoms with van der Waals surface area (Å²) in [6.45, 7) is 0.574. The molecule has 26 heavy (non-hydrogen) atoms. The van der Waals surface area contributed by atoms with Crippen LogP contribution in [0.25, 0.3) is 0 Å². The molecule has 0 aliphatic carbocycles. The van der Waals surface area contributed by atoms with Crippen LogP contribution in [0, 0.1) is 5.82 Å². The number of benzene rings is 2. The van der Waals surface area contributed by atoms with Gasteiger partial charge in [-0.15, -0.1) is 17.5 Å². The topological polar surface area (TPSA) is 85.0 Å². The fraction of sp³-hybridized carbons (Fsp3) is 0.188. The minimum atomic E-state index is -0.307. The van der Waals surface area contributed by atoms with Crippen molar-refractivity contribution in [1.29, 1.82) is 0 Å². The smallest absolute Gasteiger partial charge is 0.263 e. The highest BCUT2D eigenvalue weighted by molar-refractivity contribution is 9.10. The number of anilines is 1. The van der Waals surface area contributed by atoms with Crippen molar-refractivity contribution < 1.29 is 13.9 Å². The Balaban J connectivity index is 0.00000243. The van der Waals surface area contributed by atoms with Gasteiger partial charge in [0.15, 0.2) is 11.5 Å². The minimum Gasteiger partial charge on any atom is -0.493 e. The van der Waals surface area contributed by atoms with Crippen molar-refractivity contribution in [2.24, 2.45) is 0 Å². The molecule has 2 aromatic carbocycles. The van der Waals surface area contributed by atoms with Gasteiger partial charge in [-0.2, -0.15) is 5.21 Å². The molecule has 1 aromatic heterocycles. The SMILES string of the molecule is COc1cc(CNc2nn[nH]n2)cc(Br)c1OCc1ccccc1F.Cl. The predicted octanol–water partition coefficient (Wildman–Crippen LogP) is 3.72. The lowest BCUT2D eigenvalue weighted by Crippen LogP contribution is -2.04. The quantitative estimate of drug-likeness (QED) is 0.578. The van der Waals surface area contributed by atoms with Gasteiger partial charge in [-0.1, -0.05) is 23.3 Å². The number of methoxy groups -OCH3 is 1. The first-order valence-corrected chi connectivity index (χ1v) is 8.16. The fourth-order valence-electron chi connectivity index (χ4n) is 2.20.